The third-order valence-corrected chi connectivity index (χ3v) is 6.53. The number of aromatic nitrogens is 2. The van der Waals surface area contributed by atoms with Crippen molar-refractivity contribution in [1.29, 1.82) is 0 Å². The van der Waals surface area contributed by atoms with Crippen LogP contribution in [-0.2, 0) is 27.7 Å². The van der Waals surface area contributed by atoms with E-state index in [0.29, 0.717) is 18.9 Å². The molecular formula is C27H29N3O3. The summed E-state index contributed by atoms with van der Waals surface area (Å²) in [6, 6.07) is 15.1. The van der Waals surface area contributed by atoms with Gasteiger partial charge >= 0.3 is 0 Å². The summed E-state index contributed by atoms with van der Waals surface area (Å²) in [7, 11) is 1.96. The fourth-order valence-corrected chi connectivity index (χ4v) is 4.52. The highest BCUT2D eigenvalue weighted by Crippen LogP contribution is 2.34. The Morgan fingerprint density at radius 2 is 1.97 bits per heavy atom. The number of carbonyl (C=O) groups is 1. The monoisotopic (exact) mass is 443 g/mol. The van der Waals surface area contributed by atoms with Gasteiger partial charge in [-0.15, -0.1) is 0 Å². The fourth-order valence-electron chi connectivity index (χ4n) is 4.52. The molecule has 6 nitrogen and oxygen atoms in total. The minimum Gasteiger partial charge on any atom is -0.458 e. The van der Waals surface area contributed by atoms with Gasteiger partial charge < -0.3 is 14.8 Å². The summed E-state index contributed by atoms with van der Waals surface area (Å²) < 4.78 is 12.8. The van der Waals surface area contributed by atoms with Gasteiger partial charge in [-0.05, 0) is 53.7 Å². The van der Waals surface area contributed by atoms with Gasteiger partial charge in [-0.25, -0.2) is 0 Å². The zero-order valence-corrected chi connectivity index (χ0v) is 19.1. The number of hydrogen-bond acceptors (Lipinski definition) is 4. The van der Waals surface area contributed by atoms with E-state index < -0.39 is 0 Å². The Labute approximate surface area is 193 Å². The summed E-state index contributed by atoms with van der Waals surface area (Å²) in [5.41, 5.74) is 5.91. The molecule has 2 heterocycles. The number of hydrogen-bond donors (Lipinski definition) is 1. The SMILES string of the molecule is CC1CC2=C(C=C1CC(=O)NCCCc1ccc(-c3ccc4c(cnn4C)c3)cc1)OCO2. The van der Waals surface area contributed by atoms with Crippen LogP contribution in [0.15, 0.2) is 71.8 Å². The van der Waals surface area contributed by atoms with Gasteiger partial charge in [0, 0.05) is 31.8 Å². The second-order valence-electron chi connectivity index (χ2n) is 8.89. The maximum absolute atomic E-state index is 12.4. The molecule has 2 aromatic carbocycles. The van der Waals surface area contributed by atoms with Crippen molar-refractivity contribution in [2.45, 2.75) is 32.6 Å². The first kappa shape index (κ1) is 21.3. The smallest absolute Gasteiger partial charge is 0.230 e. The first-order chi connectivity index (χ1) is 16.1. The molecule has 2 aliphatic rings. The summed E-state index contributed by atoms with van der Waals surface area (Å²) >= 11 is 0. The summed E-state index contributed by atoms with van der Waals surface area (Å²) in [6.07, 6.45) is 6.94. The van der Waals surface area contributed by atoms with Crippen LogP contribution in [0.2, 0.25) is 0 Å². The maximum Gasteiger partial charge on any atom is 0.230 e. The summed E-state index contributed by atoms with van der Waals surface area (Å²) in [4.78, 5) is 12.4. The molecule has 5 rings (SSSR count). The number of aryl methyl sites for hydroxylation is 2. The van der Waals surface area contributed by atoms with E-state index in [1.54, 1.807) is 0 Å². The molecule has 1 unspecified atom stereocenters. The molecule has 1 N–H and O–H groups in total. The van der Waals surface area contributed by atoms with E-state index in [2.05, 4.69) is 59.8 Å². The lowest BCUT2D eigenvalue weighted by molar-refractivity contribution is -0.120. The Kier molecular flexibility index (Phi) is 5.90. The van der Waals surface area contributed by atoms with Crippen LogP contribution in [0.4, 0.5) is 0 Å². The molecule has 1 atom stereocenters. The van der Waals surface area contributed by atoms with Crippen molar-refractivity contribution in [2.24, 2.45) is 13.0 Å². The molecule has 0 bridgehead atoms. The summed E-state index contributed by atoms with van der Waals surface area (Å²) in [6.45, 7) is 3.09. The minimum absolute atomic E-state index is 0.0669. The highest BCUT2D eigenvalue weighted by molar-refractivity contribution is 5.84. The van der Waals surface area contributed by atoms with E-state index in [1.807, 2.05) is 24.0 Å². The molecule has 33 heavy (non-hydrogen) atoms. The molecule has 1 amide bonds. The van der Waals surface area contributed by atoms with Gasteiger partial charge in [-0.2, -0.15) is 5.10 Å². The zero-order chi connectivity index (χ0) is 22.8. The number of carbonyl (C=O) groups excluding carboxylic acids is 1. The van der Waals surface area contributed by atoms with Crippen molar-refractivity contribution >= 4 is 16.8 Å². The molecule has 170 valence electrons. The van der Waals surface area contributed by atoms with Crippen LogP contribution in [-0.4, -0.2) is 29.0 Å². The number of allylic oxidation sites excluding steroid dienone is 2. The summed E-state index contributed by atoms with van der Waals surface area (Å²) in [5.74, 6) is 2.07. The maximum atomic E-state index is 12.4. The molecule has 0 radical (unpaired) electrons. The molecular weight excluding hydrogens is 414 g/mol. The standard InChI is InChI=1S/C27H29N3O3/c1-18-12-25-26(33-17-32-25)14-22(18)15-27(31)28-11-3-4-19-5-7-20(8-6-19)21-9-10-24-23(13-21)16-29-30(24)2/h5-10,13-14,16,18H,3-4,11-12,15,17H2,1-2H3,(H,28,31). The zero-order valence-electron chi connectivity index (χ0n) is 19.1. The molecule has 0 fully saturated rings. The topological polar surface area (TPSA) is 65.4 Å². The van der Waals surface area contributed by atoms with Crippen molar-refractivity contribution in [3.8, 4) is 11.1 Å². The molecule has 3 aromatic rings. The number of ether oxygens (including phenoxy) is 2. The number of benzene rings is 2. The second kappa shape index (κ2) is 9.14. The van der Waals surface area contributed by atoms with Gasteiger partial charge in [0.2, 0.25) is 12.7 Å². The second-order valence-corrected chi connectivity index (χ2v) is 8.89. The van der Waals surface area contributed by atoms with Gasteiger partial charge in [-0.3, -0.25) is 9.48 Å². The fraction of sp³-hybridized carbons (Fsp3) is 0.333. The van der Waals surface area contributed by atoms with E-state index in [9.17, 15) is 4.79 Å². The van der Waals surface area contributed by atoms with E-state index in [1.165, 1.54) is 16.7 Å². The highest BCUT2D eigenvalue weighted by atomic mass is 16.7. The third-order valence-electron chi connectivity index (χ3n) is 6.53. The van der Waals surface area contributed by atoms with Crippen LogP contribution in [0, 0.1) is 5.92 Å². The van der Waals surface area contributed by atoms with Gasteiger partial charge in [0.1, 0.15) is 5.76 Å². The van der Waals surface area contributed by atoms with Crippen molar-refractivity contribution in [2.75, 3.05) is 13.3 Å². The lowest BCUT2D eigenvalue weighted by Crippen LogP contribution is -2.26. The Bertz CT molecular complexity index is 1240. The van der Waals surface area contributed by atoms with E-state index >= 15 is 0 Å². The van der Waals surface area contributed by atoms with Crippen LogP contribution in [0.25, 0.3) is 22.0 Å². The van der Waals surface area contributed by atoms with Crippen molar-refractivity contribution in [1.82, 2.24) is 15.1 Å². The van der Waals surface area contributed by atoms with Crippen LogP contribution >= 0.6 is 0 Å². The minimum atomic E-state index is 0.0669. The van der Waals surface area contributed by atoms with Crippen molar-refractivity contribution in [3.05, 3.63) is 77.4 Å². The molecule has 1 aromatic heterocycles. The highest BCUT2D eigenvalue weighted by Gasteiger charge is 2.26. The van der Waals surface area contributed by atoms with Crippen molar-refractivity contribution in [3.63, 3.8) is 0 Å². The van der Waals surface area contributed by atoms with E-state index in [4.69, 9.17) is 9.47 Å². The Morgan fingerprint density at radius 1 is 1.15 bits per heavy atom. The third kappa shape index (κ3) is 4.65. The average molecular weight is 444 g/mol. The van der Waals surface area contributed by atoms with Gasteiger partial charge in [0.05, 0.1) is 11.7 Å². The molecule has 1 aliphatic carbocycles. The van der Waals surface area contributed by atoms with Crippen molar-refractivity contribution < 1.29 is 14.3 Å². The first-order valence-corrected chi connectivity index (χ1v) is 11.5. The van der Waals surface area contributed by atoms with E-state index in [0.717, 1.165) is 47.3 Å². The number of rotatable bonds is 7. The molecule has 0 spiro atoms. The molecule has 6 heteroatoms. The quantitative estimate of drug-likeness (QED) is 0.530. The number of nitrogens with zero attached hydrogens (tertiary/aromatic N) is 2. The van der Waals surface area contributed by atoms with Crippen LogP contribution in [0.3, 0.4) is 0 Å². The van der Waals surface area contributed by atoms with Crippen LogP contribution in [0.5, 0.6) is 0 Å². The Morgan fingerprint density at radius 3 is 2.82 bits per heavy atom. The molecule has 0 saturated carbocycles. The lowest BCUT2D eigenvalue weighted by Gasteiger charge is -2.20. The van der Waals surface area contributed by atoms with Crippen LogP contribution < -0.4 is 5.32 Å². The van der Waals surface area contributed by atoms with Gasteiger partial charge in [-0.1, -0.05) is 42.8 Å². The Balaban J connectivity index is 1.10. The average Bonchev–Trinajstić information content (AvgIpc) is 3.43. The number of fused-ring (bicyclic) bond motifs is 1. The molecule has 1 aliphatic heterocycles. The number of amides is 1. The molecule has 0 saturated heterocycles. The van der Waals surface area contributed by atoms with E-state index in [-0.39, 0.29) is 12.7 Å². The van der Waals surface area contributed by atoms with Gasteiger partial charge in [0.15, 0.2) is 5.76 Å². The predicted molar refractivity (Wildman–Crippen MR) is 128 cm³/mol. The predicted octanol–water partition coefficient (Wildman–Crippen LogP) is 4.86. The summed E-state index contributed by atoms with van der Waals surface area (Å²) in [5, 5.41) is 8.53. The largest absolute Gasteiger partial charge is 0.458 e. The lowest BCUT2D eigenvalue weighted by atomic mass is 9.89. The number of nitrogens with one attached hydrogen (secondary N) is 1. The first-order valence-electron chi connectivity index (χ1n) is 11.5. The van der Waals surface area contributed by atoms with Gasteiger partial charge in [0.25, 0.3) is 0 Å². The Hall–Kier alpha value is -3.54. The normalized spacial score (nSPS) is 17.4. The van der Waals surface area contributed by atoms with Crippen LogP contribution in [0.1, 0.15) is 31.7 Å².